The van der Waals surface area contributed by atoms with Crippen molar-refractivity contribution in [3.8, 4) is 0 Å². The van der Waals surface area contributed by atoms with Gasteiger partial charge in [0.2, 0.25) is 5.16 Å². The Morgan fingerprint density at radius 2 is 1.71 bits per heavy atom. The van der Waals surface area contributed by atoms with Gasteiger partial charge in [0, 0.05) is 17.2 Å². The van der Waals surface area contributed by atoms with Gasteiger partial charge < -0.3 is 5.84 Å². The summed E-state index contributed by atoms with van der Waals surface area (Å²) in [6.45, 7) is 0. The van der Waals surface area contributed by atoms with Crippen LogP contribution >= 0.6 is 23.4 Å². The minimum Gasteiger partial charge on any atom is -0.334 e. The van der Waals surface area contributed by atoms with Gasteiger partial charge in [-0.05, 0) is 23.3 Å². The molecule has 0 unspecified atom stereocenters. The highest BCUT2D eigenvalue weighted by molar-refractivity contribution is 7.98. The Kier molecular flexibility index (Phi) is 5.17. The second kappa shape index (κ2) is 7.51. The van der Waals surface area contributed by atoms with E-state index in [1.54, 1.807) is 0 Å². The van der Waals surface area contributed by atoms with Crippen LogP contribution in [0.25, 0.3) is 0 Å². The topological polar surface area (TPSA) is 73.8 Å². The molecule has 0 saturated carbocycles. The molecule has 0 bridgehead atoms. The summed E-state index contributed by atoms with van der Waals surface area (Å²) in [5.41, 5.74) is 2.06. The molecule has 0 aliphatic heterocycles. The molecule has 2 aromatic carbocycles. The average Bonchev–Trinajstić information content (AvgIpc) is 2.61. The Hall–Kier alpha value is -2.31. The monoisotopic (exact) mass is 358 g/mol. The Bertz CT molecular complexity index is 881. The molecule has 0 atom stereocenters. The highest BCUT2D eigenvalue weighted by Crippen LogP contribution is 2.20. The van der Waals surface area contributed by atoms with Crippen LogP contribution in [0.3, 0.4) is 0 Å². The molecular formula is C17H15ClN4OS. The van der Waals surface area contributed by atoms with Crippen molar-refractivity contribution < 1.29 is 0 Å². The molecule has 3 rings (SSSR count). The first-order valence-corrected chi connectivity index (χ1v) is 8.64. The normalized spacial score (nSPS) is 10.7. The van der Waals surface area contributed by atoms with Crippen molar-refractivity contribution in [2.75, 3.05) is 5.84 Å². The zero-order valence-corrected chi connectivity index (χ0v) is 14.3. The maximum Gasteiger partial charge on any atom is 0.294 e. The van der Waals surface area contributed by atoms with E-state index in [0.29, 0.717) is 28.0 Å². The number of rotatable bonds is 5. The minimum atomic E-state index is -0.326. The average molecular weight is 359 g/mol. The summed E-state index contributed by atoms with van der Waals surface area (Å²) in [5.74, 6) is 6.51. The predicted octanol–water partition coefficient (Wildman–Crippen LogP) is 2.89. The fourth-order valence-electron chi connectivity index (χ4n) is 2.15. The van der Waals surface area contributed by atoms with Gasteiger partial charge in [0.1, 0.15) is 5.69 Å². The third-order valence-corrected chi connectivity index (χ3v) is 4.69. The summed E-state index contributed by atoms with van der Waals surface area (Å²) in [7, 11) is 0. The van der Waals surface area contributed by atoms with Crippen LogP contribution in [0.1, 0.15) is 16.8 Å². The van der Waals surface area contributed by atoms with E-state index in [1.165, 1.54) is 11.8 Å². The molecule has 2 N–H and O–H groups in total. The number of benzene rings is 2. The molecule has 0 amide bonds. The van der Waals surface area contributed by atoms with Crippen molar-refractivity contribution in [2.45, 2.75) is 17.3 Å². The number of halogens is 1. The van der Waals surface area contributed by atoms with Crippen molar-refractivity contribution in [3.05, 3.63) is 86.8 Å². The summed E-state index contributed by atoms with van der Waals surface area (Å²) in [6.07, 6.45) is 0.409. The van der Waals surface area contributed by atoms with E-state index in [2.05, 4.69) is 10.2 Å². The van der Waals surface area contributed by atoms with Gasteiger partial charge in [-0.2, -0.15) is 4.68 Å². The molecule has 1 aromatic heterocycles. The third-order valence-electron chi connectivity index (χ3n) is 3.42. The fraction of sp³-hybridized carbons (Fsp3) is 0.118. The maximum absolute atomic E-state index is 12.4. The molecule has 0 fully saturated rings. The van der Waals surface area contributed by atoms with Crippen LogP contribution in [0.15, 0.2) is 64.5 Å². The van der Waals surface area contributed by atoms with E-state index in [-0.39, 0.29) is 5.56 Å². The maximum atomic E-state index is 12.4. The summed E-state index contributed by atoms with van der Waals surface area (Å²) in [4.78, 5) is 12.4. The number of nitrogen functional groups attached to an aromatic ring is 1. The van der Waals surface area contributed by atoms with Crippen LogP contribution in [0.2, 0.25) is 5.02 Å². The van der Waals surface area contributed by atoms with Gasteiger partial charge in [-0.15, -0.1) is 10.2 Å². The van der Waals surface area contributed by atoms with Crippen molar-refractivity contribution in [2.24, 2.45) is 0 Å². The lowest BCUT2D eigenvalue weighted by molar-refractivity contribution is 0.672. The van der Waals surface area contributed by atoms with Gasteiger partial charge in [-0.1, -0.05) is 65.8 Å². The zero-order chi connectivity index (χ0) is 16.9. The Labute approximate surface area is 148 Å². The SMILES string of the molecule is Nn1c(SCc2ccc(Cl)cc2)nnc(Cc2ccccc2)c1=O. The minimum absolute atomic E-state index is 0.326. The van der Waals surface area contributed by atoms with E-state index in [0.717, 1.165) is 15.8 Å². The first-order valence-electron chi connectivity index (χ1n) is 7.28. The van der Waals surface area contributed by atoms with E-state index in [9.17, 15) is 4.79 Å². The number of nitrogens with two attached hydrogens (primary N) is 1. The summed E-state index contributed by atoms with van der Waals surface area (Å²) in [5, 5.41) is 9.21. The molecule has 24 heavy (non-hydrogen) atoms. The molecule has 3 aromatic rings. The van der Waals surface area contributed by atoms with Crippen LogP contribution in [0.4, 0.5) is 0 Å². The smallest absolute Gasteiger partial charge is 0.294 e. The van der Waals surface area contributed by atoms with Gasteiger partial charge in [0.05, 0.1) is 0 Å². The van der Waals surface area contributed by atoms with Crippen LogP contribution in [-0.4, -0.2) is 14.9 Å². The lowest BCUT2D eigenvalue weighted by Crippen LogP contribution is -2.33. The van der Waals surface area contributed by atoms with Crippen LogP contribution in [-0.2, 0) is 12.2 Å². The summed E-state index contributed by atoms with van der Waals surface area (Å²) >= 11 is 7.22. The van der Waals surface area contributed by atoms with Crippen LogP contribution in [0.5, 0.6) is 0 Å². The predicted molar refractivity (Wildman–Crippen MR) is 96.7 cm³/mol. The second-order valence-corrected chi connectivity index (χ2v) is 6.56. The van der Waals surface area contributed by atoms with E-state index < -0.39 is 0 Å². The largest absolute Gasteiger partial charge is 0.334 e. The third kappa shape index (κ3) is 3.96. The van der Waals surface area contributed by atoms with Gasteiger partial charge >= 0.3 is 0 Å². The standard InChI is InChI=1S/C17H15ClN4OS/c18-14-8-6-13(7-9-14)11-24-17-21-20-15(16(23)22(17)19)10-12-4-2-1-3-5-12/h1-9H,10-11,19H2. The lowest BCUT2D eigenvalue weighted by atomic mass is 10.1. The number of nitrogens with zero attached hydrogens (tertiary/aromatic N) is 3. The van der Waals surface area contributed by atoms with Gasteiger partial charge in [-0.3, -0.25) is 4.79 Å². The van der Waals surface area contributed by atoms with Gasteiger partial charge in [0.15, 0.2) is 0 Å². The number of hydrogen-bond donors (Lipinski definition) is 1. The number of aromatic nitrogens is 3. The van der Waals surface area contributed by atoms with E-state index >= 15 is 0 Å². The molecule has 7 heteroatoms. The fourth-order valence-corrected chi connectivity index (χ4v) is 3.08. The molecule has 0 saturated heterocycles. The molecule has 5 nitrogen and oxygen atoms in total. The van der Waals surface area contributed by atoms with Crippen LogP contribution in [0, 0.1) is 0 Å². The number of thioether (sulfide) groups is 1. The molecule has 0 radical (unpaired) electrons. The number of hydrogen-bond acceptors (Lipinski definition) is 5. The van der Waals surface area contributed by atoms with Gasteiger partial charge in [-0.25, -0.2) is 0 Å². The second-order valence-electron chi connectivity index (χ2n) is 5.18. The first-order chi connectivity index (χ1) is 11.6. The van der Waals surface area contributed by atoms with Crippen molar-refractivity contribution in [1.82, 2.24) is 14.9 Å². The van der Waals surface area contributed by atoms with Crippen LogP contribution < -0.4 is 11.4 Å². The lowest BCUT2D eigenvalue weighted by Gasteiger charge is -2.07. The van der Waals surface area contributed by atoms with Crippen molar-refractivity contribution in [3.63, 3.8) is 0 Å². The Morgan fingerprint density at radius 3 is 2.42 bits per heavy atom. The summed E-state index contributed by atoms with van der Waals surface area (Å²) in [6, 6.07) is 17.1. The highest BCUT2D eigenvalue weighted by atomic mass is 35.5. The molecule has 122 valence electrons. The van der Waals surface area contributed by atoms with Crippen molar-refractivity contribution >= 4 is 23.4 Å². The quantitative estimate of drug-likeness (QED) is 0.560. The zero-order valence-electron chi connectivity index (χ0n) is 12.7. The molecule has 1 heterocycles. The van der Waals surface area contributed by atoms with E-state index in [4.69, 9.17) is 17.4 Å². The Morgan fingerprint density at radius 1 is 1.00 bits per heavy atom. The molecule has 0 spiro atoms. The first kappa shape index (κ1) is 16.5. The Balaban J connectivity index is 1.75. The molecule has 0 aliphatic carbocycles. The van der Waals surface area contributed by atoms with Crippen molar-refractivity contribution in [1.29, 1.82) is 0 Å². The van der Waals surface area contributed by atoms with E-state index in [1.807, 2.05) is 54.6 Å². The molecular weight excluding hydrogens is 344 g/mol. The highest BCUT2D eigenvalue weighted by Gasteiger charge is 2.11. The van der Waals surface area contributed by atoms with Gasteiger partial charge in [0.25, 0.3) is 5.56 Å². The molecule has 0 aliphatic rings. The summed E-state index contributed by atoms with van der Waals surface area (Å²) < 4.78 is 1.06.